The van der Waals surface area contributed by atoms with Gasteiger partial charge in [-0.25, -0.2) is 0 Å². The Kier molecular flexibility index (Phi) is 3.73. The molecule has 1 aromatic heterocycles. The third-order valence-electron chi connectivity index (χ3n) is 2.60. The first-order valence-electron chi connectivity index (χ1n) is 5.93. The van der Waals surface area contributed by atoms with Crippen molar-refractivity contribution < 1.29 is 4.52 Å². The fourth-order valence-corrected chi connectivity index (χ4v) is 1.98. The molecule has 0 atom stereocenters. The van der Waals surface area contributed by atoms with E-state index >= 15 is 0 Å². The van der Waals surface area contributed by atoms with Crippen LogP contribution >= 0.6 is 0 Å². The average Bonchev–Trinajstić information content (AvgIpc) is 2.72. The summed E-state index contributed by atoms with van der Waals surface area (Å²) in [5, 5.41) is 12.4. The Balaban J connectivity index is 2.09. The summed E-state index contributed by atoms with van der Waals surface area (Å²) in [7, 11) is 0. The number of nitrogens with zero attached hydrogens (tertiary/aromatic N) is 3. The smallest absolute Gasteiger partial charge is 0.227 e. The molecular weight excluding hydrogens is 226 g/mol. The third-order valence-corrected chi connectivity index (χ3v) is 2.60. The van der Waals surface area contributed by atoms with Gasteiger partial charge >= 0.3 is 0 Å². The normalized spacial score (nSPS) is 10.3. The molecule has 2 rings (SSSR count). The molecule has 4 heteroatoms. The second-order valence-corrected chi connectivity index (χ2v) is 4.44. The summed E-state index contributed by atoms with van der Waals surface area (Å²) in [6.45, 7) is 4.15. The van der Waals surface area contributed by atoms with Crippen LogP contribution < -0.4 is 0 Å². The van der Waals surface area contributed by atoms with Gasteiger partial charge < -0.3 is 4.52 Å². The molecule has 1 aromatic carbocycles. The maximum atomic E-state index is 8.49. The molecule has 18 heavy (non-hydrogen) atoms. The van der Waals surface area contributed by atoms with Gasteiger partial charge in [-0.15, -0.1) is 0 Å². The summed E-state index contributed by atoms with van der Waals surface area (Å²) in [5.74, 6) is 1.21. The molecule has 0 radical (unpaired) electrons. The molecule has 0 saturated heterocycles. The molecule has 0 saturated carbocycles. The summed E-state index contributed by atoms with van der Waals surface area (Å²) in [6.07, 6.45) is 1.60. The second kappa shape index (κ2) is 5.46. The highest BCUT2D eigenvalue weighted by Crippen LogP contribution is 2.12. The topological polar surface area (TPSA) is 62.7 Å². The summed E-state index contributed by atoms with van der Waals surface area (Å²) < 4.78 is 5.09. The van der Waals surface area contributed by atoms with Crippen LogP contribution in [0.4, 0.5) is 0 Å². The number of hydrogen-bond donors (Lipinski definition) is 0. The predicted molar refractivity (Wildman–Crippen MR) is 67.0 cm³/mol. The number of nitriles is 1. The molecule has 1 heterocycles. The van der Waals surface area contributed by atoms with Gasteiger partial charge in [0.05, 0.1) is 6.07 Å². The van der Waals surface area contributed by atoms with Gasteiger partial charge in [-0.3, -0.25) is 0 Å². The van der Waals surface area contributed by atoms with E-state index in [1.54, 1.807) is 0 Å². The molecule has 0 N–H and O–H groups in total. The molecule has 4 nitrogen and oxygen atoms in total. The highest BCUT2D eigenvalue weighted by Gasteiger charge is 2.07. The van der Waals surface area contributed by atoms with Crippen molar-refractivity contribution in [2.45, 2.75) is 33.1 Å². The fourth-order valence-electron chi connectivity index (χ4n) is 1.98. The number of hydrogen-bond acceptors (Lipinski definition) is 4. The first-order valence-corrected chi connectivity index (χ1v) is 5.93. The molecule has 2 aromatic rings. The Labute approximate surface area is 106 Å². The Morgan fingerprint density at radius 3 is 2.61 bits per heavy atom. The monoisotopic (exact) mass is 241 g/mol. The Morgan fingerprint density at radius 1 is 1.22 bits per heavy atom. The van der Waals surface area contributed by atoms with Crippen molar-refractivity contribution >= 4 is 0 Å². The van der Waals surface area contributed by atoms with Crippen molar-refractivity contribution in [2.24, 2.45) is 0 Å². The lowest BCUT2D eigenvalue weighted by atomic mass is 10.1. The first-order chi connectivity index (χ1) is 8.67. The van der Waals surface area contributed by atoms with E-state index in [1.807, 2.05) is 0 Å². The lowest BCUT2D eigenvalue weighted by Gasteiger charge is -2.01. The third kappa shape index (κ3) is 3.17. The molecule has 0 aliphatic rings. The zero-order chi connectivity index (χ0) is 13.0. The van der Waals surface area contributed by atoms with Gasteiger partial charge in [0.25, 0.3) is 0 Å². The molecule has 0 bridgehead atoms. The number of aryl methyl sites for hydroxylation is 3. The van der Waals surface area contributed by atoms with E-state index in [0.29, 0.717) is 31.0 Å². The van der Waals surface area contributed by atoms with Gasteiger partial charge in [0, 0.05) is 19.3 Å². The van der Waals surface area contributed by atoms with E-state index in [9.17, 15) is 0 Å². The van der Waals surface area contributed by atoms with Crippen LogP contribution in [0.5, 0.6) is 0 Å². The Hall–Kier alpha value is -2.15. The van der Waals surface area contributed by atoms with Crippen LogP contribution in [0.3, 0.4) is 0 Å². The van der Waals surface area contributed by atoms with Crippen LogP contribution in [0, 0.1) is 25.2 Å². The van der Waals surface area contributed by atoms with Crippen LogP contribution in [0.2, 0.25) is 0 Å². The minimum atomic E-state index is 0.408. The summed E-state index contributed by atoms with van der Waals surface area (Å²) in [5.41, 5.74) is 3.65. The van der Waals surface area contributed by atoms with Crippen LogP contribution in [0.15, 0.2) is 22.7 Å². The minimum absolute atomic E-state index is 0.408. The van der Waals surface area contributed by atoms with Crippen LogP contribution in [-0.4, -0.2) is 10.1 Å². The van der Waals surface area contributed by atoms with Gasteiger partial charge in [0.15, 0.2) is 5.82 Å². The van der Waals surface area contributed by atoms with Gasteiger partial charge in [-0.05, 0) is 19.4 Å². The second-order valence-electron chi connectivity index (χ2n) is 4.44. The lowest BCUT2D eigenvalue weighted by molar-refractivity contribution is 0.375. The Bertz CT molecular complexity index is 561. The summed E-state index contributed by atoms with van der Waals surface area (Å²) >= 11 is 0. The maximum absolute atomic E-state index is 8.49. The number of benzene rings is 1. The largest absolute Gasteiger partial charge is 0.339 e. The van der Waals surface area contributed by atoms with Crippen molar-refractivity contribution in [1.29, 1.82) is 5.26 Å². The van der Waals surface area contributed by atoms with E-state index < -0.39 is 0 Å². The quantitative estimate of drug-likeness (QED) is 0.825. The van der Waals surface area contributed by atoms with E-state index in [2.05, 4.69) is 48.3 Å². The van der Waals surface area contributed by atoms with Gasteiger partial charge in [-0.2, -0.15) is 10.2 Å². The molecule has 0 amide bonds. The van der Waals surface area contributed by atoms with Crippen molar-refractivity contribution in [3.63, 3.8) is 0 Å². The average molecular weight is 241 g/mol. The van der Waals surface area contributed by atoms with Crippen LogP contribution in [-0.2, 0) is 12.8 Å². The predicted octanol–water partition coefficient (Wildman–Crippen LogP) is 2.73. The highest BCUT2D eigenvalue weighted by molar-refractivity contribution is 5.30. The molecule has 0 fully saturated rings. The molecule has 92 valence electrons. The SMILES string of the molecule is Cc1cc(C)cc(Cc2noc(CCC#N)n2)c1. The van der Waals surface area contributed by atoms with Crippen LogP contribution in [0.25, 0.3) is 0 Å². The lowest BCUT2D eigenvalue weighted by Crippen LogP contribution is -1.93. The zero-order valence-corrected chi connectivity index (χ0v) is 10.6. The van der Waals surface area contributed by atoms with Crippen molar-refractivity contribution in [3.8, 4) is 6.07 Å². The standard InChI is InChI=1S/C14H15N3O/c1-10-6-11(2)8-12(7-10)9-13-16-14(18-17-13)4-3-5-15/h6-8H,3-4,9H2,1-2H3. The highest BCUT2D eigenvalue weighted by atomic mass is 16.5. The molecule has 0 aliphatic heterocycles. The van der Waals surface area contributed by atoms with Crippen molar-refractivity contribution in [2.75, 3.05) is 0 Å². The van der Waals surface area contributed by atoms with E-state index in [1.165, 1.54) is 16.7 Å². The molecule has 0 aliphatic carbocycles. The van der Waals surface area contributed by atoms with Crippen molar-refractivity contribution in [3.05, 3.63) is 46.6 Å². The Morgan fingerprint density at radius 2 is 1.94 bits per heavy atom. The van der Waals surface area contributed by atoms with E-state index in [4.69, 9.17) is 9.78 Å². The zero-order valence-electron chi connectivity index (χ0n) is 10.6. The van der Waals surface area contributed by atoms with E-state index in [-0.39, 0.29) is 0 Å². The number of aromatic nitrogens is 2. The number of rotatable bonds is 4. The van der Waals surface area contributed by atoms with Gasteiger partial charge in [0.2, 0.25) is 5.89 Å². The van der Waals surface area contributed by atoms with Crippen molar-refractivity contribution in [1.82, 2.24) is 10.1 Å². The van der Waals surface area contributed by atoms with Gasteiger partial charge in [-0.1, -0.05) is 34.5 Å². The summed E-state index contributed by atoms with van der Waals surface area (Å²) in [4.78, 5) is 4.27. The summed E-state index contributed by atoms with van der Waals surface area (Å²) in [6, 6.07) is 8.45. The first kappa shape index (κ1) is 12.3. The molecule has 0 spiro atoms. The minimum Gasteiger partial charge on any atom is -0.339 e. The van der Waals surface area contributed by atoms with Crippen LogP contribution in [0.1, 0.15) is 34.8 Å². The molecule has 0 unspecified atom stereocenters. The fraction of sp³-hybridized carbons (Fsp3) is 0.357. The maximum Gasteiger partial charge on any atom is 0.227 e. The van der Waals surface area contributed by atoms with E-state index in [0.717, 1.165) is 0 Å². The molecular formula is C14H15N3O. The van der Waals surface area contributed by atoms with Gasteiger partial charge in [0.1, 0.15) is 0 Å².